The van der Waals surface area contributed by atoms with Crippen molar-refractivity contribution < 1.29 is 9.50 Å². The summed E-state index contributed by atoms with van der Waals surface area (Å²) in [5.41, 5.74) is 0.403. The van der Waals surface area contributed by atoms with Crippen LogP contribution in [0, 0.1) is 11.7 Å². The first-order valence-electron chi connectivity index (χ1n) is 7.93. The molecule has 1 atom stereocenters. The number of nitrogens with zero attached hydrogens (tertiary/aromatic N) is 2. The van der Waals surface area contributed by atoms with Crippen LogP contribution < -0.4 is 0 Å². The van der Waals surface area contributed by atoms with E-state index in [0.717, 1.165) is 38.6 Å². The largest absolute Gasteiger partial charge is 0.387 e. The summed E-state index contributed by atoms with van der Waals surface area (Å²) in [5, 5.41) is 10.2. The lowest BCUT2D eigenvalue weighted by Gasteiger charge is -2.36. The molecule has 1 aromatic rings. The van der Waals surface area contributed by atoms with E-state index in [9.17, 15) is 9.50 Å². The zero-order chi connectivity index (χ0) is 15.2. The molecule has 118 valence electrons. The Balaban J connectivity index is 1.77. The highest BCUT2D eigenvalue weighted by Crippen LogP contribution is 2.18. The molecule has 1 N–H and O–H groups in total. The fourth-order valence-corrected chi connectivity index (χ4v) is 2.72. The van der Waals surface area contributed by atoms with Crippen LogP contribution in [0.2, 0.25) is 0 Å². The smallest absolute Gasteiger partial charge is 0.129 e. The highest BCUT2D eigenvalue weighted by molar-refractivity contribution is 5.20. The molecule has 0 amide bonds. The molecule has 1 aliphatic rings. The molecule has 1 heterocycles. The van der Waals surface area contributed by atoms with Gasteiger partial charge in [-0.3, -0.25) is 4.90 Å². The predicted octanol–water partition coefficient (Wildman–Crippen LogP) is 2.52. The molecule has 1 saturated heterocycles. The van der Waals surface area contributed by atoms with Gasteiger partial charge in [-0.05, 0) is 24.9 Å². The summed E-state index contributed by atoms with van der Waals surface area (Å²) in [4.78, 5) is 4.70. The maximum atomic E-state index is 13.6. The van der Waals surface area contributed by atoms with Crippen LogP contribution in [0.5, 0.6) is 0 Å². The van der Waals surface area contributed by atoms with Crippen molar-refractivity contribution >= 4 is 0 Å². The average molecular weight is 294 g/mol. The molecule has 0 saturated carbocycles. The monoisotopic (exact) mass is 294 g/mol. The molecule has 1 unspecified atom stereocenters. The highest BCUT2D eigenvalue weighted by atomic mass is 19.1. The first-order chi connectivity index (χ1) is 10.1. The maximum Gasteiger partial charge on any atom is 0.129 e. The third-order valence-corrected chi connectivity index (χ3v) is 4.18. The summed E-state index contributed by atoms with van der Waals surface area (Å²) in [7, 11) is 0. The van der Waals surface area contributed by atoms with E-state index in [1.54, 1.807) is 18.2 Å². The number of β-amino-alcohol motifs (C(OH)–C–C–N with tert-alkyl or cyclic N) is 1. The lowest BCUT2D eigenvalue weighted by molar-refractivity contribution is 0.0695. The van der Waals surface area contributed by atoms with Crippen LogP contribution in [0.15, 0.2) is 24.3 Å². The van der Waals surface area contributed by atoms with Crippen molar-refractivity contribution in [3.8, 4) is 0 Å². The van der Waals surface area contributed by atoms with Crippen molar-refractivity contribution in [1.82, 2.24) is 9.80 Å². The minimum Gasteiger partial charge on any atom is -0.387 e. The van der Waals surface area contributed by atoms with Crippen molar-refractivity contribution in [3.63, 3.8) is 0 Å². The van der Waals surface area contributed by atoms with Crippen molar-refractivity contribution in [1.29, 1.82) is 0 Å². The van der Waals surface area contributed by atoms with Crippen LogP contribution in [-0.4, -0.2) is 54.2 Å². The fraction of sp³-hybridized carbons (Fsp3) is 0.647. The highest BCUT2D eigenvalue weighted by Gasteiger charge is 2.21. The predicted molar refractivity (Wildman–Crippen MR) is 83.7 cm³/mol. The van der Waals surface area contributed by atoms with E-state index < -0.39 is 6.10 Å². The number of piperazine rings is 1. The second-order valence-corrected chi connectivity index (χ2v) is 6.36. The summed E-state index contributed by atoms with van der Waals surface area (Å²) < 4.78 is 13.6. The van der Waals surface area contributed by atoms with Gasteiger partial charge in [-0.2, -0.15) is 0 Å². The third-order valence-electron chi connectivity index (χ3n) is 4.18. The summed E-state index contributed by atoms with van der Waals surface area (Å²) >= 11 is 0. The Morgan fingerprint density at radius 1 is 1.10 bits per heavy atom. The quantitative estimate of drug-likeness (QED) is 0.873. The van der Waals surface area contributed by atoms with Crippen molar-refractivity contribution in [2.75, 3.05) is 39.3 Å². The van der Waals surface area contributed by atoms with Crippen LogP contribution in [0.4, 0.5) is 4.39 Å². The Labute approximate surface area is 127 Å². The lowest BCUT2D eigenvalue weighted by Crippen LogP contribution is -2.47. The van der Waals surface area contributed by atoms with Gasteiger partial charge >= 0.3 is 0 Å². The fourth-order valence-electron chi connectivity index (χ4n) is 2.72. The SMILES string of the molecule is CC(C)CCN1CCN(CC(O)c2ccccc2F)CC1. The van der Waals surface area contributed by atoms with E-state index in [-0.39, 0.29) is 5.82 Å². The zero-order valence-electron chi connectivity index (χ0n) is 13.1. The number of hydrogen-bond acceptors (Lipinski definition) is 3. The van der Waals surface area contributed by atoms with Gasteiger partial charge in [0.2, 0.25) is 0 Å². The van der Waals surface area contributed by atoms with Gasteiger partial charge in [-0.15, -0.1) is 0 Å². The molecule has 2 rings (SSSR count). The zero-order valence-corrected chi connectivity index (χ0v) is 13.1. The number of aliphatic hydroxyl groups excluding tert-OH is 1. The van der Waals surface area contributed by atoms with Crippen molar-refractivity contribution in [2.24, 2.45) is 5.92 Å². The molecule has 0 aliphatic carbocycles. The first-order valence-corrected chi connectivity index (χ1v) is 7.93. The molecule has 0 aromatic heterocycles. The second kappa shape index (κ2) is 7.87. The van der Waals surface area contributed by atoms with Gasteiger partial charge in [0.15, 0.2) is 0 Å². The Morgan fingerprint density at radius 2 is 1.71 bits per heavy atom. The van der Waals surface area contributed by atoms with Gasteiger partial charge in [0.25, 0.3) is 0 Å². The molecule has 3 nitrogen and oxygen atoms in total. The Bertz CT molecular complexity index is 431. The number of aliphatic hydroxyl groups is 1. The van der Waals surface area contributed by atoms with Crippen LogP contribution in [0.3, 0.4) is 0 Å². The molecule has 0 bridgehead atoms. The summed E-state index contributed by atoms with van der Waals surface area (Å²) in [6.07, 6.45) is 0.492. The first kappa shape index (κ1) is 16.4. The summed E-state index contributed by atoms with van der Waals surface area (Å²) in [6.45, 7) is 10.1. The van der Waals surface area contributed by atoms with E-state index in [4.69, 9.17) is 0 Å². The van der Waals surface area contributed by atoms with E-state index in [2.05, 4.69) is 23.6 Å². The number of hydrogen-bond donors (Lipinski definition) is 1. The van der Waals surface area contributed by atoms with Gasteiger partial charge in [0.05, 0.1) is 6.10 Å². The van der Waals surface area contributed by atoms with Crippen LogP contribution in [0.1, 0.15) is 31.9 Å². The van der Waals surface area contributed by atoms with Gasteiger partial charge in [-0.1, -0.05) is 32.0 Å². The van der Waals surface area contributed by atoms with Crippen molar-refractivity contribution in [3.05, 3.63) is 35.6 Å². The Morgan fingerprint density at radius 3 is 2.33 bits per heavy atom. The van der Waals surface area contributed by atoms with Crippen LogP contribution >= 0.6 is 0 Å². The molecular formula is C17H27FN2O. The van der Waals surface area contributed by atoms with Gasteiger partial charge in [0, 0.05) is 38.3 Å². The van der Waals surface area contributed by atoms with Crippen LogP contribution in [0.25, 0.3) is 0 Å². The normalized spacial score (nSPS) is 19.1. The van der Waals surface area contributed by atoms with Gasteiger partial charge in [0.1, 0.15) is 5.82 Å². The summed E-state index contributed by atoms with van der Waals surface area (Å²) in [6, 6.07) is 6.49. The van der Waals surface area contributed by atoms with Crippen molar-refractivity contribution in [2.45, 2.75) is 26.4 Å². The van der Waals surface area contributed by atoms with Crippen LogP contribution in [-0.2, 0) is 0 Å². The average Bonchev–Trinajstić information content (AvgIpc) is 2.47. The molecule has 0 spiro atoms. The maximum absolute atomic E-state index is 13.6. The third kappa shape index (κ3) is 5.06. The molecule has 21 heavy (non-hydrogen) atoms. The second-order valence-electron chi connectivity index (χ2n) is 6.36. The number of benzene rings is 1. The van der Waals surface area contributed by atoms with E-state index in [0.29, 0.717) is 12.1 Å². The molecular weight excluding hydrogens is 267 g/mol. The number of rotatable bonds is 6. The van der Waals surface area contributed by atoms with E-state index in [1.165, 1.54) is 12.5 Å². The molecule has 4 heteroatoms. The molecule has 1 aromatic carbocycles. The minimum absolute atomic E-state index is 0.319. The molecule has 1 aliphatic heterocycles. The number of halogens is 1. The molecule has 1 fully saturated rings. The minimum atomic E-state index is -0.742. The van der Waals surface area contributed by atoms with E-state index >= 15 is 0 Å². The summed E-state index contributed by atoms with van der Waals surface area (Å²) in [5.74, 6) is 0.423. The van der Waals surface area contributed by atoms with Gasteiger partial charge < -0.3 is 10.0 Å². The van der Waals surface area contributed by atoms with Gasteiger partial charge in [-0.25, -0.2) is 4.39 Å². The standard InChI is InChI=1S/C17H27FN2O/c1-14(2)7-8-19-9-11-20(12-10-19)13-17(21)15-5-3-4-6-16(15)18/h3-6,14,17,21H,7-13H2,1-2H3. The topological polar surface area (TPSA) is 26.7 Å². The lowest BCUT2D eigenvalue weighted by atomic mass is 10.1. The van der Waals surface area contributed by atoms with E-state index in [1.807, 2.05) is 0 Å². The Kier molecular flexibility index (Phi) is 6.15. The molecule has 0 radical (unpaired) electrons. The Hall–Kier alpha value is -0.970.